The molecule has 0 aliphatic carbocycles. The predicted octanol–water partition coefficient (Wildman–Crippen LogP) is 3.64. The summed E-state index contributed by atoms with van der Waals surface area (Å²) in [7, 11) is -2.67. The monoisotopic (exact) mass is 371 g/mol. The van der Waals surface area contributed by atoms with Crippen molar-refractivity contribution >= 4 is 27.4 Å². The fourth-order valence-corrected chi connectivity index (χ4v) is 3.59. The molecule has 0 saturated heterocycles. The summed E-state index contributed by atoms with van der Waals surface area (Å²) in [5, 5.41) is 10.5. The zero-order chi connectivity index (χ0) is 18.1. The van der Waals surface area contributed by atoms with Crippen LogP contribution in [0.15, 0.2) is 35.2 Å². The summed E-state index contributed by atoms with van der Waals surface area (Å²) in [6.07, 6.45) is 0. The molecular weight excluding hydrogens is 358 g/mol. The summed E-state index contributed by atoms with van der Waals surface area (Å²) in [5.41, 5.74) is 0.880. The lowest BCUT2D eigenvalue weighted by molar-refractivity contribution is -0.384. The average Bonchev–Trinajstić information content (AvgIpc) is 2.51. The number of hydrogen-bond acceptors (Lipinski definition) is 6. The zero-order valence-corrected chi connectivity index (χ0v) is 14.6. The Morgan fingerprint density at radius 3 is 2.25 bits per heavy atom. The van der Waals surface area contributed by atoms with Gasteiger partial charge in [-0.25, -0.2) is 0 Å². The number of rotatable bonds is 5. The molecule has 0 atom stereocenters. The third-order valence-electron chi connectivity index (χ3n) is 3.50. The Labute approximate surface area is 144 Å². The Bertz CT molecular complexity index is 910. The number of hydrogen-bond donors (Lipinski definition) is 0. The van der Waals surface area contributed by atoms with Gasteiger partial charge < -0.3 is 8.92 Å². The Kier molecular flexibility index (Phi) is 5.00. The smallest absolute Gasteiger partial charge is 0.339 e. The van der Waals surface area contributed by atoms with Gasteiger partial charge in [-0.1, -0.05) is 11.6 Å². The highest BCUT2D eigenvalue weighted by molar-refractivity contribution is 7.87. The Balaban J connectivity index is 2.43. The van der Waals surface area contributed by atoms with Crippen LogP contribution in [-0.2, 0) is 10.1 Å². The molecule has 0 spiro atoms. The molecule has 2 rings (SSSR count). The van der Waals surface area contributed by atoms with Crippen molar-refractivity contribution in [3.63, 3.8) is 0 Å². The SMILES string of the molecule is COc1ccc(S(=O)(=O)Oc2ccc([N+](=O)[O-])cc2Cl)c(C)c1C. The van der Waals surface area contributed by atoms with Crippen molar-refractivity contribution in [2.75, 3.05) is 7.11 Å². The summed E-state index contributed by atoms with van der Waals surface area (Å²) < 4.78 is 35.2. The van der Waals surface area contributed by atoms with Crippen molar-refractivity contribution in [1.82, 2.24) is 0 Å². The van der Waals surface area contributed by atoms with Crippen molar-refractivity contribution in [1.29, 1.82) is 0 Å². The van der Waals surface area contributed by atoms with Crippen LogP contribution in [0.1, 0.15) is 11.1 Å². The molecule has 0 aromatic heterocycles. The van der Waals surface area contributed by atoms with E-state index in [4.69, 9.17) is 20.5 Å². The summed E-state index contributed by atoms with van der Waals surface area (Å²) in [5.74, 6) is 0.370. The van der Waals surface area contributed by atoms with Gasteiger partial charge in [-0.15, -0.1) is 0 Å². The molecule has 0 radical (unpaired) electrons. The quantitative estimate of drug-likeness (QED) is 0.452. The summed E-state index contributed by atoms with van der Waals surface area (Å²) in [6, 6.07) is 6.18. The van der Waals surface area contributed by atoms with E-state index in [1.165, 1.54) is 19.2 Å². The standard InChI is InChI=1S/C15H14ClNO6S/c1-9-10(2)15(7-6-13(9)22-3)24(20,21)23-14-5-4-11(17(18)19)8-12(14)16/h4-8H,1-3H3. The lowest BCUT2D eigenvalue weighted by Gasteiger charge is -2.14. The molecule has 0 heterocycles. The maximum atomic E-state index is 12.5. The molecule has 0 bridgehead atoms. The third-order valence-corrected chi connectivity index (χ3v) is 5.18. The van der Waals surface area contributed by atoms with Crippen LogP contribution in [0.2, 0.25) is 5.02 Å². The molecule has 0 aliphatic heterocycles. The van der Waals surface area contributed by atoms with Crippen molar-refractivity contribution in [2.24, 2.45) is 0 Å². The van der Waals surface area contributed by atoms with Gasteiger partial charge >= 0.3 is 10.1 Å². The van der Waals surface area contributed by atoms with Gasteiger partial charge in [0.1, 0.15) is 10.6 Å². The van der Waals surface area contributed by atoms with E-state index in [2.05, 4.69) is 0 Å². The van der Waals surface area contributed by atoms with Gasteiger partial charge in [0.25, 0.3) is 5.69 Å². The first kappa shape index (κ1) is 18.0. The van der Waals surface area contributed by atoms with Crippen molar-refractivity contribution in [3.05, 3.63) is 56.6 Å². The molecule has 0 amide bonds. The van der Waals surface area contributed by atoms with E-state index in [9.17, 15) is 18.5 Å². The Morgan fingerprint density at radius 2 is 1.71 bits per heavy atom. The molecule has 0 fully saturated rings. The third kappa shape index (κ3) is 3.44. The second-order valence-electron chi connectivity index (χ2n) is 4.93. The normalized spacial score (nSPS) is 11.2. The van der Waals surface area contributed by atoms with Gasteiger partial charge in [0.2, 0.25) is 0 Å². The van der Waals surface area contributed by atoms with Gasteiger partial charge in [0.05, 0.1) is 17.1 Å². The number of nitro groups is 1. The lowest BCUT2D eigenvalue weighted by atomic mass is 10.1. The van der Waals surface area contributed by atoms with Crippen molar-refractivity contribution in [2.45, 2.75) is 18.7 Å². The first-order valence-corrected chi connectivity index (χ1v) is 8.48. The number of methoxy groups -OCH3 is 1. The zero-order valence-electron chi connectivity index (χ0n) is 13.1. The summed E-state index contributed by atoms with van der Waals surface area (Å²) in [4.78, 5) is 10.0. The first-order chi connectivity index (χ1) is 11.2. The molecule has 9 heteroatoms. The molecule has 0 saturated carbocycles. The van der Waals surface area contributed by atoms with Gasteiger partial charge in [0.15, 0.2) is 5.75 Å². The van der Waals surface area contributed by atoms with E-state index in [1.54, 1.807) is 13.8 Å². The molecule has 2 aromatic rings. The maximum absolute atomic E-state index is 12.5. The molecular formula is C15H14ClNO6S. The summed E-state index contributed by atoms with van der Waals surface area (Å²) >= 11 is 5.87. The topological polar surface area (TPSA) is 95.7 Å². The number of non-ortho nitro benzene ring substituents is 1. The number of ether oxygens (including phenoxy) is 1. The minimum absolute atomic E-state index is 0.0322. The van der Waals surface area contributed by atoms with Gasteiger partial charge in [-0.2, -0.15) is 8.42 Å². The van der Waals surface area contributed by atoms with Crippen LogP contribution in [0.5, 0.6) is 11.5 Å². The maximum Gasteiger partial charge on any atom is 0.339 e. The molecule has 128 valence electrons. The summed E-state index contributed by atoms with van der Waals surface area (Å²) in [6.45, 7) is 3.36. The highest BCUT2D eigenvalue weighted by Crippen LogP contribution is 2.33. The van der Waals surface area contributed by atoms with Crippen LogP contribution in [0.3, 0.4) is 0 Å². The van der Waals surface area contributed by atoms with Crippen LogP contribution in [0.25, 0.3) is 0 Å². The second-order valence-corrected chi connectivity index (χ2v) is 6.85. The highest BCUT2D eigenvalue weighted by atomic mass is 35.5. The molecule has 2 aromatic carbocycles. The van der Waals surface area contributed by atoms with Crippen LogP contribution >= 0.6 is 11.6 Å². The van der Waals surface area contributed by atoms with E-state index < -0.39 is 15.0 Å². The fourth-order valence-electron chi connectivity index (χ4n) is 2.10. The van der Waals surface area contributed by atoms with Gasteiger partial charge in [-0.05, 0) is 43.2 Å². The minimum atomic E-state index is -4.16. The van der Waals surface area contributed by atoms with Crippen LogP contribution in [-0.4, -0.2) is 20.5 Å². The van der Waals surface area contributed by atoms with Crippen LogP contribution < -0.4 is 8.92 Å². The van der Waals surface area contributed by atoms with E-state index >= 15 is 0 Å². The number of nitrogens with zero attached hydrogens (tertiary/aromatic N) is 1. The second kappa shape index (κ2) is 6.66. The Morgan fingerprint density at radius 1 is 1.08 bits per heavy atom. The highest BCUT2D eigenvalue weighted by Gasteiger charge is 2.23. The van der Waals surface area contributed by atoms with Gasteiger partial charge in [0, 0.05) is 12.1 Å². The van der Waals surface area contributed by atoms with E-state index in [-0.39, 0.29) is 21.4 Å². The fraction of sp³-hybridized carbons (Fsp3) is 0.200. The number of benzene rings is 2. The van der Waals surface area contributed by atoms with E-state index in [0.717, 1.165) is 18.2 Å². The Hall–Kier alpha value is -2.32. The van der Waals surface area contributed by atoms with E-state index in [0.29, 0.717) is 16.9 Å². The van der Waals surface area contributed by atoms with Crippen molar-refractivity contribution < 1.29 is 22.3 Å². The van der Waals surface area contributed by atoms with Crippen LogP contribution in [0.4, 0.5) is 5.69 Å². The number of nitro benzene ring substituents is 1. The molecule has 0 unspecified atom stereocenters. The van der Waals surface area contributed by atoms with E-state index in [1.807, 2.05) is 0 Å². The predicted molar refractivity (Wildman–Crippen MR) is 88.4 cm³/mol. The lowest BCUT2D eigenvalue weighted by Crippen LogP contribution is -2.12. The molecule has 0 aliphatic rings. The van der Waals surface area contributed by atoms with Gasteiger partial charge in [-0.3, -0.25) is 10.1 Å². The molecule has 24 heavy (non-hydrogen) atoms. The molecule has 0 N–H and O–H groups in total. The number of halogens is 1. The largest absolute Gasteiger partial charge is 0.496 e. The first-order valence-electron chi connectivity index (χ1n) is 6.70. The minimum Gasteiger partial charge on any atom is -0.496 e. The average molecular weight is 372 g/mol. The van der Waals surface area contributed by atoms with Crippen LogP contribution in [0, 0.1) is 24.0 Å². The molecule has 7 nitrogen and oxygen atoms in total. The van der Waals surface area contributed by atoms with Crippen molar-refractivity contribution in [3.8, 4) is 11.5 Å².